The lowest BCUT2D eigenvalue weighted by molar-refractivity contribution is -0.910. The van der Waals surface area contributed by atoms with Gasteiger partial charge in [-0.2, -0.15) is 4.31 Å². The van der Waals surface area contributed by atoms with Gasteiger partial charge >= 0.3 is 0 Å². The molecule has 2 saturated heterocycles. The van der Waals surface area contributed by atoms with Gasteiger partial charge in [-0.05, 0) is 49.9 Å². The second-order valence-electron chi connectivity index (χ2n) is 8.66. The third-order valence-corrected chi connectivity index (χ3v) is 8.75. The fraction of sp³-hybridized carbons (Fsp3) is 0.619. The molecular formula is C21H30N3O4S+. The normalized spacial score (nSPS) is 26.8. The van der Waals surface area contributed by atoms with Crippen molar-refractivity contribution in [2.45, 2.75) is 44.4 Å². The molecule has 7 nitrogen and oxygen atoms in total. The Balaban J connectivity index is 1.39. The number of imide groups is 1. The van der Waals surface area contributed by atoms with Gasteiger partial charge in [0.05, 0.1) is 42.9 Å². The summed E-state index contributed by atoms with van der Waals surface area (Å²) in [5.74, 6) is -0.279. The Kier molecular flexibility index (Phi) is 5.52. The first kappa shape index (κ1) is 20.5. The molecular weight excluding hydrogens is 390 g/mol. The Morgan fingerprint density at radius 3 is 2.10 bits per heavy atom. The fourth-order valence-corrected chi connectivity index (χ4v) is 6.36. The van der Waals surface area contributed by atoms with E-state index in [1.54, 1.807) is 12.1 Å². The van der Waals surface area contributed by atoms with Crippen molar-refractivity contribution in [1.29, 1.82) is 0 Å². The summed E-state index contributed by atoms with van der Waals surface area (Å²) in [6.07, 6.45) is 3.69. The standard InChI is InChI=1S/C21H29N3O4S/c1-15-7-8-17(13-16(15)2)29(27,28)23-11-9-22(10-12-23)14-24-20(25)18-5-3-4-6-19(18)21(24)26/h7-8,13,18-19H,3-6,9-12,14H2,1-2H3/p+1/t18-,19+. The molecule has 0 unspecified atom stereocenters. The minimum Gasteiger partial charge on any atom is -0.315 e. The number of hydrogen-bond acceptors (Lipinski definition) is 4. The molecule has 158 valence electrons. The van der Waals surface area contributed by atoms with Crippen molar-refractivity contribution in [2.24, 2.45) is 11.8 Å². The van der Waals surface area contributed by atoms with Crippen LogP contribution in [0.25, 0.3) is 0 Å². The number of carbonyl (C=O) groups excluding carboxylic acids is 2. The number of aryl methyl sites for hydroxylation is 2. The molecule has 2 aliphatic heterocycles. The molecule has 1 saturated carbocycles. The highest BCUT2D eigenvalue weighted by Gasteiger charge is 2.49. The maximum atomic E-state index is 13.0. The van der Waals surface area contributed by atoms with Crippen LogP contribution in [0.2, 0.25) is 0 Å². The number of quaternary nitrogens is 1. The van der Waals surface area contributed by atoms with Crippen molar-refractivity contribution in [3.8, 4) is 0 Å². The van der Waals surface area contributed by atoms with Crippen molar-refractivity contribution in [3.05, 3.63) is 29.3 Å². The van der Waals surface area contributed by atoms with Gasteiger partial charge in [0.15, 0.2) is 6.67 Å². The summed E-state index contributed by atoms with van der Waals surface area (Å²) in [5.41, 5.74) is 2.03. The van der Waals surface area contributed by atoms with Crippen LogP contribution in [0.1, 0.15) is 36.8 Å². The molecule has 1 aromatic rings. The Labute approximate surface area is 172 Å². The van der Waals surface area contributed by atoms with Crippen LogP contribution < -0.4 is 4.90 Å². The number of sulfonamides is 1. The van der Waals surface area contributed by atoms with Crippen LogP contribution in [0.3, 0.4) is 0 Å². The van der Waals surface area contributed by atoms with Gasteiger partial charge in [-0.25, -0.2) is 13.3 Å². The number of nitrogens with zero attached hydrogens (tertiary/aromatic N) is 2. The molecule has 1 aliphatic carbocycles. The lowest BCUT2D eigenvalue weighted by Gasteiger charge is -2.33. The summed E-state index contributed by atoms with van der Waals surface area (Å²) < 4.78 is 27.5. The molecule has 29 heavy (non-hydrogen) atoms. The van der Waals surface area contributed by atoms with Crippen LogP contribution >= 0.6 is 0 Å². The van der Waals surface area contributed by atoms with Gasteiger partial charge in [-0.15, -0.1) is 0 Å². The van der Waals surface area contributed by atoms with Crippen LogP contribution in [0.4, 0.5) is 0 Å². The summed E-state index contributed by atoms with van der Waals surface area (Å²) >= 11 is 0. The number of nitrogens with one attached hydrogen (secondary N) is 1. The first-order valence-corrected chi connectivity index (χ1v) is 12.0. The lowest BCUT2D eigenvalue weighted by Crippen LogP contribution is -3.16. The van der Waals surface area contributed by atoms with E-state index in [4.69, 9.17) is 0 Å². The summed E-state index contributed by atoms with van der Waals surface area (Å²) in [5, 5.41) is 0. The van der Waals surface area contributed by atoms with Crippen LogP contribution in [-0.2, 0) is 19.6 Å². The molecule has 1 aromatic carbocycles. The second-order valence-corrected chi connectivity index (χ2v) is 10.6. The molecule has 3 aliphatic rings. The van der Waals surface area contributed by atoms with Crippen molar-refractivity contribution < 1.29 is 22.9 Å². The Morgan fingerprint density at radius 1 is 0.966 bits per heavy atom. The highest BCUT2D eigenvalue weighted by atomic mass is 32.2. The Morgan fingerprint density at radius 2 is 1.55 bits per heavy atom. The SMILES string of the molecule is Cc1ccc(S(=O)(=O)N2CC[NH+](CN3C(=O)[C@H]4CCCC[C@H]4C3=O)CC2)cc1C. The van der Waals surface area contributed by atoms with Gasteiger partial charge in [-0.1, -0.05) is 18.9 Å². The molecule has 8 heteroatoms. The molecule has 0 spiro atoms. The number of amides is 2. The molecule has 1 N–H and O–H groups in total. The summed E-state index contributed by atoms with van der Waals surface area (Å²) in [6.45, 7) is 6.22. The van der Waals surface area contributed by atoms with Crippen LogP contribution in [0.5, 0.6) is 0 Å². The van der Waals surface area contributed by atoms with Crippen molar-refractivity contribution in [2.75, 3.05) is 32.8 Å². The predicted octanol–water partition coefficient (Wildman–Crippen LogP) is 0.325. The van der Waals surface area contributed by atoms with Crippen molar-refractivity contribution in [3.63, 3.8) is 0 Å². The molecule has 0 bridgehead atoms. The molecule has 2 atom stereocenters. The van der Waals surface area contributed by atoms with Crippen LogP contribution in [0.15, 0.2) is 23.1 Å². The first-order valence-electron chi connectivity index (χ1n) is 10.6. The molecule has 0 radical (unpaired) electrons. The van der Waals surface area contributed by atoms with Gasteiger partial charge in [0.25, 0.3) is 0 Å². The highest BCUT2D eigenvalue weighted by molar-refractivity contribution is 7.89. The van der Waals surface area contributed by atoms with E-state index >= 15 is 0 Å². The molecule has 2 heterocycles. The maximum absolute atomic E-state index is 13.0. The number of hydrogen-bond donors (Lipinski definition) is 1. The zero-order chi connectivity index (χ0) is 20.8. The minimum atomic E-state index is -3.52. The van der Waals surface area contributed by atoms with Gasteiger partial charge in [0.2, 0.25) is 21.8 Å². The van der Waals surface area contributed by atoms with Gasteiger partial charge in [-0.3, -0.25) is 9.59 Å². The monoisotopic (exact) mass is 420 g/mol. The average molecular weight is 421 g/mol. The van der Waals surface area contributed by atoms with E-state index in [-0.39, 0.29) is 23.7 Å². The zero-order valence-electron chi connectivity index (χ0n) is 17.2. The molecule has 0 aromatic heterocycles. The number of fused-ring (bicyclic) bond motifs is 1. The van der Waals surface area contributed by atoms with Gasteiger partial charge in [0, 0.05) is 0 Å². The predicted molar refractivity (Wildman–Crippen MR) is 108 cm³/mol. The number of benzene rings is 1. The number of carbonyl (C=O) groups is 2. The highest BCUT2D eigenvalue weighted by Crippen LogP contribution is 2.37. The van der Waals surface area contributed by atoms with E-state index in [1.165, 1.54) is 9.21 Å². The Bertz CT molecular complexity index is 898. The lowest BCUT2D eigenvalue weighted by atomic mass is 9.81. The number of rotatable bonds is 4. The van der Waals surface area contributed by atoms with E-state index in [9.17, 15) is 18.0 Å². The smallest absolute Gasteiger partial charge is 0.243 e. The summed E-state index contributed by atoms with van der Waals surface area (Å²) in [6, 6.07) is 5.24. The second kappa shape index (κ2) is 7.81. The first-order chi connectivity index (χ1) is 13.8. The molecule has 3 fully saturated rings. The molecule has 2 amide bonds. The van der Waals surface area contributed by atoms with Gasteiger partial charge < -0.3 is 4.90 Å². The topological polar surface area (TPSA) is 79.2 Å². The largest absolute Gasteiger partial charge is 0.315 e. The summed E-state index contributed by atoms with van der Waals surface area (Å²) in [4.78, 5) is 28.2. The van der Waals surface area contributed by atoms with Gasteiger partial charge in [0.1, 0.15) is 0 Å². The minimum absolute atomic E-state index is 0.0163. The van der Waals surface area contributed by atoms with Crippen molar-refractivity contribution >= 4 is 21.8 Å². The average Bonchev–Trinajstić information content (AvgIpc) is 2.95. The molecule has 4 rings (SSSR count). The van der Waals surface area contributed by atoms with E-state index in [0.29, 0.717) is 37.7 Å². The summed E-state index contributed by atoms with van der Waals surface area (Å²) in [7, 11) is -3.52. The van der Waals surface area contributed by atoms with E-state index in [1.807, 2.05) is 19.9 Å². The van der Waals surface area contributed by atoms with E-state index in [2.05, 4.69) is 0 Å². The Hall–Kier alpha value is -1.77. The van der Waals surface area contributed by atoms with Crippen LogP contribution in [-0.4, -0.2) is 62.3 Å². The number of piperazine rings is 1. The van der Waals surface area contributed by atoms with Crippen molar-refractivity contribution in [1.82, 2.24) is 9.21 Å². The van der Waals surface area contributed by atoms with Crippen LogP contribution in [0, 0.1) is 25.7 Å². The number of likely N-dealkylation sites (tertiary alicyclic amines) is 1. The quantitative estimate of drug-likeness (QED) is 0.712. The van der Waals surface area contributed by atoms with E-state index in [0.717, 1.165) is 41.7 Å². The third kappa shape index (κ3) is 3.73. The third-order valence-electron chi connectivity index (χ3n) is 6.86. The maximum Gasteiger partial charge on any atom is 0.243 e. The zero-order valence-corrected chi connectivity index (χ0v) is 18.0. The fourth-order valence-electron chi connectivity index (χ4n) is 4.83. The van der Waals surface area contributed by atoms with E-state index < -0.39 is 10.0 Å².